The van der Waals surface area contributed by atoms with Crippen LogP contribution in [0.25, 0.3) is 10.8 Å². The highest BCUT2D eigenvalue weighted by Gasteiger charge is 2.50. The predicted octanol–water partition coefficient (Wildman–Crippen LogP) is 5.33. The Morgan fingerprint density at radius 3 is 2.22 bits per heavy atom. The number of ketones is 1. The van der Waals surface area contributed by atoms with E-state index in [0.717, 1.165) is 12.8 Å². The number of anilines is 2. The Morgan fingerprint density at radius 1 is 0.944 bits per heavy atom. The summed E-state index contributed by atoms with van der Waals surface area (Å²) in [6, 6.07) is -0.0824. The second kappa shape index (κ2) is 15.5. The maximum atomic E-state index is 14.3. The number of hydrogen-bond acceptors (Lipinski definition) is 13. The van der Waals surface area contributed by atoms with E-state index in [9.17, 15) is 39.9 Å². The van der Waals surface area contributed by atoms with Crippen molar-refractivity contribution in [2.75, 3.05) is 17.7 Å². The lowest BCUT2D eigenvalue weighted by atomic mass is 9.78. The maximum Gasteiger partial charge on any atom is 0.312 e. The van der Waals surface area contributed by atoms with Crippen molar-refractivity contribution >= 4 is 39.8 Å². The molecule has 1 saturated carbocycles. The third-order valence-electron chi connectivity index (χ3n) is 10.9. The van der Waals surface area contributed by atoms with Crippen molar-refractivity contribution in [3.05, 3.63) is 47.3 Å². The highest BCUT2D eigenvalue weighted by atomic mass is 16.7. The van der Waals surface area contributed by atoms with Crippen LogP contribution < -0.4 is 15.4 Å². The van der Waals surface area contributed by atoms with Gasteiger partial charge in [0.25, 0.3) is 11.7 Å². The van der Waals surface area contributed by atoms with Gasteiger partial charge in [0.15, 0.2) is 5.75 Å². The highest BCUT2D eigenvalue weighted by molar-refractivity contribution is 6.23. The Hall–Kier alpha value is -4.79. The molecule has 5 bridgehead atoms. The van der Waals surface area contributed by atoms with E-state index in [1.54, 1.807) is 39.8 Å². The molecule has 294 valence electrons. The largest absolute Gasteiger partial charge is 0.507 e. The van der Waals surface area contributed by atoms with Crippen LogP contribution in [0.2, 0.25) is 0 Å². The molecule has 3 aliphatic heterocycles. The number of nitrogens with one attached hydrogen (secondary N) is 2. The van der Waals surface area contributed by atoms with E-state index in [1.165, 1.54) is 53.2 Å². The van der Waals surface area contributed by atoms with Crippen LogP contribution in [0.15, 0.2) is 36.1 Å². The number of fused-ring (bicyclic) bond motifs is 14. The van der Waals surface area contributed by atoms with Crippen LogP contribution in [0.1, 0.15) is 77.2 Å². The number of allylic oxidation sites excluding steroid dienone is 2. The molecule has 14 heteroatoms. The van der Waals surface area contributed by atoms with Crippen molar-refractivity contribution in [2.45, 2.75) is 104 Å². The lowest BCUT2D eigenvalue weighted by Crippen LogP contribution is -2.46. The number of carbonyl (C=O) groups excluding carboxylic acids is 3. The number of amides is 1. The zero-order chi connectivity index (χ0) is 40.0. The zero-order valence-corrected chi connectivity index (χ0v) is 32.1. The number of ether oxygens (including phenoxy) is 4. The molecule has 9 unspecified atom stereocenters. The van der Waals surface area contributed by atoms with Gasteiger partial charge in [-0.3, -0.25) is 14.4 Å². The monoisotopic (exact) mass is 752 g/mol. The third-order valence-corrected chi connectivity index (χ3v) is 10.9. The van der Waals surface area contributed by atoms with Gasteiger partial charge in [0, 0.05) is 67.2 Å². The van der Waals surface area contributed by atoms with Crippen molar-refractivity contribution in [2.24, 2.45) is 23.7 Å². The van der Waals surface area contributed by atoms with Crippen LogP contribution in [0.4, 0.5) is 11.4 Å². The van der Waals surface area contributed by atoms with Crippen molar-refractivity contribution < 1.29 is 58.9 Å². The first kappa shape index (κ1) is 40.4. The molecule has 0 radical (unpaired) electrons. The summed E-state index contributed by atoms with van der Waals surface area (Å²) in [6.07, 6.45) is 5.19. The van der Waals surface area contributed by atoms with E-state index >= 15 is 0 Å². The highest BCUT2D eigenvalue weighted by Crippen LogP contribution is 2.57. The van der Waals surface area contributed by atoms with Gasteiger partial charge in [0.2, 0.25) is 0 Å². The summed E-state index contributed by atoms with van der Waals surface area (Å²) in [5, 5.41) is 63.1. The van der Waals surface area contributed by atoms with Gasteiger partial charge in [-0.1, -0.05) is 45.9 Å². The minimum atomic E-state index is -2.00. The molecule has 54 heavy (non-hydrogen) atoms. The van der Waals surface area contributed by atoms with Crippen LogP contribution in [-0.2, 0) is 23.8 Å². The molecular weight excluding hydrogens is 700 g/mol. The molecule has 2 aromatic rings. The van der Waals surface area contributed by atoms with Gasteiger partial charge in [-0.25, -0.2) is 0 Å². The fraction of sp³-hybridized carbons (Fsp3) is 0.525. The molecule has 9 atom stereocenters. The number of aliphatic hydroxyl groups is 2. The minimum absolute atomic E-state index is 0.0425. The number of aromatic hydroxyl groups is 3. The van der Waals surface area contributed by atoms with Gasteiger partial charge in [0.05, 0.1) is 35.5 Å². The maximum absolute atomic E-state index is 14.3. The summed E-state index contributed by atoms with van der Waals surface area (Å²) >= 11 is 0. The van der Waals surface area contributed by atoms with Crippen molar-refractivity contribution in [1.82, 2.24) is 0 Å². The lowest BCUT2D eigenvalue weighted by molar-refractivity contribution is -0.160. The van der Waals surface area contributed by atoms with Gasteiger partial charge in [-0.15, -0.1) is 0 Å². The molecule has 1 amide bonds. The van der Waals surface area contributed by atoms with Crippen molar-refractivity contribution in [3.8, 4) is 23.0 Å². The van der Waals surface area contributed by atoms with Crippen LogP contribution in [-0.4, -0.2) is 86.5 Å². The quantitative estimate of drug-likeness (QED) is 0.120. The number of phenolic OH excluding ortho intramolecular Hbond substituents is 3. The molecule has 0 saturated heterocycles. The van der Waals surface area contributed by atoms with Crippen LogP contribution in [0.5, 0.6) is 23.0 Å². The number of esters is 1. The van der Waals surface area contributed by atoms with Gasteiger partial charge < -0.3 is 55.1 Å². The number of carbonyl (C=O) groups is 3. The summed E-state index contributed by atoms with van der Waals surface area (Å²) in [5.41, 5.74) is -0.103. The number of hydrogen-bond donors (Lipinski definition) is 7. The van der Waals surface area contributed by atoms with Crippen LogP contribution in [0.3, 0.4) is 0 Å². The molecule has 2 aromatic carbocycles. The van der Waals surface area contributed by atoms with E-state index in [1.807, 2.05) is 0 Å². The number of methoxy groups -OCH3 is 1. The standard InChI is InChI=1S/C40H52N2O12/c1-17-11-10-12-18(2)39(50)42-30-29(41-24-13-14-24)34(47)26-27(35(30)48)33(46)22(6)37-28(26)38(49)40(8,54-37)52-16-15-25(51-9)19(3)36(53-23(7)43)21(5)32(45)20(4)31(17)44/h10-12,15-17,19-21,24-25,31-32,36,41,44-48H,13-14H2,1-9H3,(H,42,50)/b11-10+,16-15+,18-12-. The Labute approximate surface area is 314 Å². The number of rotatable bonds is 4. The van der Waals surface area contributed by atoms with E-state index < -0.39 is 88.8 Å². The Kier molecular flexibility index (Phi) is 11.6. The fourth-order valence-electron chi connectivity index (χ4n) is 7.30. The molecule has 7 N–H and O–H groups in total. The minimum Gasteiger partial charge on any atom is -0.507 e. The van der Waals surface area contributed by atoms with E-state index in [0.29, 0.717) is 0 Å². The predicted molar refractivity (Wildman–Crippen MR) is 200 cm³/mol. The normalized spacial score (nSPS) is 33.0. The second-order valence-electron chi connectivity index (χ2n) is 15.0. The number of aliphatic hydroxyl groups excluding tert-OH is 2. The number of benzene rings is 2. The Morgan fingerprint density at radius 2 is 1.61 bits per heavy atom. The number of Topliss-reactive ketones (excluding diaryl/α,β-unsaturated/α-hetero) is 1. The van der Waals surface area contributed by atoms with Gasteiger partial charge in [-0.2, -0.15) is 0 Å². The summed E-state index contributed by atoms with van der Waals surface area (Å²) in [5.74, 6) is -8.00. The molecule has 4 aliphatic rings. The van der Waals surface area contributed by atoms with E-state index in [-0.39, 0.29) is 50.6 Å². The summed E-state index contributed by atoms with van der Waals surface area (Å²) in [4.78, 5) is 40.1. The molecule has 6 rings (SSSR count). The van der Waals surface area contributed by atoms with Crippen LogP contribution in [0, 0.1) is 30.6 Å². The van der Waals surface area contributed by atoms with E-state index in [2.05, 4.69) is 10.6 Å². The zero-order valence-electron chi connectivity index (χ0n) is 32.1. The summed E-state index contributed by atoms with van der Waals surface area (Å²) < 4.78 is 23.5. The smallest absolute Gasteiger partial charge is 0.312 e. The molecule has 0 aromatic heterocycles. The van der Waals surface area contributed by atoms with Crippen molar-refractivity contribution in [3.63, 3.8) is 0 Å². The first-order chi connectivity index (χ1) is 25.3. The first-order valence-corrected chi connectivity index (χ1v) is 18.2. The average Bonchev–Trinajstić information content (AvgIpc) is 3.92. The van der Waals surface area contributed by atoms with Gasteiger partial charge in [0.1, 0.15) is 34.7 Å². The summed E-state index contributed by atoms with van der Waals surface area (Å²) in [7, 11) is 1.44. The van der Waals surface area contributed by atoms with E-state index in [4.69, 9.17) is 18.9 Å². The van der Waals surface area contributed by atoms with Crippen molar-refractivity contribution in [1.29, 1.82) is 0 Å². The topological polar surface area (TPSA) is 213 Å². The molecule has 3 heterocycles. The third kappa shape index (κ3) is 7.46. The fourth-order valence-corrected chi connectivity index (χ4v) is 7.30. The molecule has 14 nitrogen and oxygen atoms in total. The molecular formula is C40H52N2O12. The molecule has 1 fully saturated rings. The Balaban J connectivity index is 1.68. The molecule has 1 aliphatic carbocycles. The second-order valence-corrected chi connectivity index (χ2v) is 15.0. The van der Waals surface area contributed by atoms with Crippen LogP contribution >= 0.6 is 0 Å². The first-order valence-electron chi connectivity index (χ1n) is 18.2. The SMILES string of the molecule is COC1/C=C/OC2(C)Oc3c(C)c(O)c4c(O)c(c(NC5CC5)c(O)c4c3C2=O)NC(=O)/C(C)=C\C=C\C(C)C(O)C(C)C(O)C(C)C(OC(C)=O)C1C. The molecule has 0 spiro atoms. The summed E-state index contributed by atoms with van der Waals surface area (Å²) in [6.45, 7) is 12.6. The van der Waals surface area contributed by atoms with Gasteiger partial charge >= 0.3 is 11.8 Å². The number of phenols is 3. The Bertz CT molecular complexity index is 1920. The average molecular weight is 753 g/mol. The lowest BCUT2D eigenvalue weighted by Gasteiger charge is -2.38. The van der Waals surface area contributed by atoms with Gasteiger partial charge in [-0.05, 0) is 32.8 Å².